The van der Waals surface area contributed by atoms with Crippen LogP contribution in [0.1, 0.15) is 53.3 Å². The van der Waals surface area contributed by atoms with Crippen molar-refractivity contribution in [2.45, 2.75) is 38.7 Å². The molecule has 7 heteroatoms. The number of benzene rings is 2. The van der Waals surface area contributed by atoms with Gasteiger partial charge in [0.25, 0.3) is 0 Å². The summed E-state index contributed by atoms with van der Waals surface area (Å²) in [6.45, 7) is 3.64. The van der Waals surface area contributed by atoms with Crippen molar-refractivity contribution < 1.29 is 28.5 Å². The van der Waals surface area contributed by atoms with E-state index in [1.807, 2.05) is 0 Å². The van der Waals surface area contributed by atoms with Gasteiger partial charge in [0.05, 0.1) is 28.3 Å². The smallest absolute Gasteiger partial charge is 0.343 e. The number of esters is 2. The van der Waals surface area contributed by atoms with Crippen LogP contribution in [0.5, 0.6) is 11.5 Å². The Morgan fingerprint density at radius 2 is 1.97 bits per heavy atom. The molecule has 1 heterocycles. The first kappa shape index (κ1) is 22.3. The maximum absolute atomic E-state index is 12.5. The summed E-state index contributed by atoms with van der Waals surface area (Å²) < 4.78 is 22.5. The number of carbonyl (C=O) groups excluding carboxylic acids is 2. The molecule has 0 N–H and O–H groups in total. The Morgan fingerprint density at radius 3 is 2.70 bits per heavy atom. The van der Waals surface area contributed by atoms with Crippen molar-refractivity contribution >= 4 is 27.9 Å². The van der Waals surface area contributed by atoms with Crippen LogP contribution >= 0.6 is 15.9 Å². The zero-order valence-electron chi connectivity index (χ0n) is 16.9. The predicted octanol–water partition coefficient (Wildman–Crippen LogP) is 5.18. The maximum atomic E-state index is 12.5. The summed E-state index contributed by atoms with van der Waals surface area (Å²) in [4.78, 5) is 24.8. The zero-order chi connectivity index (χ0) is 21.3. The topological polar surface area (TPSA) is 71.1 Å². The minimum absolute atomic E-state index is 0.0395. The van der Waals surface area contributed by atoms with Crippen LogP contribution in [0.15, 0.2) is 46.9 Å². The number of halogens is 1. The van der Waals surface area contributed by atoms with Gasteiger partial charge in [0.15, 0.2) is 0 Å². The Balaban J connectivity index is 1.59. The number of hydrogen-bond donors (Lipinski definition) is 0. The minimum atomic E-state index is -0.527. The molecule has 1 aliphatic heterocycles. The van der Waals surface area contributed by atoms with Gasteiger partial charge in [-0.3, -0.25) is 0 Å². The van der Waals surface area contributed by atoms with Crippen molar-refractivity contribution in [2.75, 3.05) is 19.8 Å². The van der Waals surface area contributed by atoms with Crippen molar-refractivity contribution in [3.63, 3.8) is 0 Å². The number of hydrogen-bond acceptors (Lipinski definition) is 6. The van der Waals surface area contributed by atoms with Crippen molar-refractivity contribution in [2.24, 2.45) is 0 Å². The third kappa shape index (κ3) is 6.31. The Morgan fingerprint density at radius 1 is 1.13 bits per heavy atom. The van der Waals surface area contributed by atoms with E-state index in [0.29, 0.717) is 34.6 Å². The summed E-state index contributed by atoms with van der Waals surface area (Å²) in [5.74, 6) is -0.0534. The van der Waals surface area contributed by atoms with Crippen molar-refractivity contribution in [1.82, 2.24) is 0 Å². The number of carbonyl (C=O) groups is 2. The van der Waals surface area contributed by atoms with Crippen molar-refractivity contribution in [1.29, 1.82) is 0 Å². The van der Waals surface area contributed by atoms with Gasteiger partial charge in [-0.15, -0.1) is 0 Å². The lowest BCUT2D eigenvalue weighted by molar-refractivity contribution is 0.0161. The molecule has 6 nitrogen and oxygen atoms in total. The molecule has 1 atom stereocenters. The second kappa shape index (κ2) is 11.1. The summed E-state index contributed by atoms with van der Waals surface area (Å²) in [7, 11) is 0. The van der Waals surface area contributed by atoms with Crippen molar-refractivity contribution in [3.8, 4) is 11.5 Å². The molecule has 0 aliphatic carbocycles. The van der Waals surface area contributed by atoms with Crippen LogP contribution in [0.2, 0.25) is 0 Å². The average molecular weight is 477 g/mol. The van der Waals surface area contributed by atoms with E-state index >= 15 is 0 Å². The third-order valence-corrected chi connectivity index (χ3v) is 5.25. The number of rotatable bonds is 9. The van der Waals surface area contributed by atoms with Gasteiger partial charge < -0.3 is 18.9 Å². The molecule has 30 heavy (non-hydrogen) atoms. The molecule has 0 radical (unpaired) electrons. The predicted molar refractivity (Wildman–Crippen MR) is 115 cm³/mol. The molecule has 1 saturated heterocycles. The average Bonchev–Trinajstić information content (AvgIpc) is 3.27. The van der Waals surface area contributed by atoms with Gasteiger partial charge in [0, 0.05) is 6.61 Å². The zero-order valence-corrected chi connectivity index (χ0v) is 18.5. The third-order valence-electron chi connectivity index (χ3n) is 4.63. The van der Waals surface area contributed by atoms with Gasteiger partial charge in [0.2, 0.25) is 0 Å². The first-order chi connectivity index (χ1) is 14.6. The molecule has 1 unspecified atom stereocenters. The molecule has 1 fully saturated rings. The molecule has 0 amide bonds. The van der Waals surface area contributed by atoms with Crippen LogP contribution in [-0.2, 0) is 9.47 Å². The van der Waals surface area contributed by atoms with Crippen molar-refractivity contribution in [3.05, 3.63) is 58.1 Å². The monoisotopic (exact) mass is 476 g/mol. The lowest BCUT2D eigenvalue weighted by Crippen LogP contribution is -2.18. The first-order valence-electron chi connectivity index (χ1n) is 10.1. The molecule has 2 aromatic rings. The standard InChI is InChI=1S/C23H25BrO6/c1-2-3-11-28-21-10-9-17(14-20(21)24)23(26)30-18-7-4-6-16(13-18)22(25)29-15-19-8-5-12-27-19/h4,6-7,9-10,13-14,19H,2-3,5,8,11-12,15H2,1H3. The Hall–Kier alpha value is -2.38. The lowest BCUT2D eigenvalue weighted by Gasteiger charge is -2.11. The molecule has 160 valence electrons. The van der Waals surface area contributed by atoms with E-state index in [4.69, 9.17) is 18.9 Å². The van der Waals surface area contributed by atoms with Gasteiger partial charge in [-0.1, -0.05) is 19.4 Å². The van der Waals surface area contributed by atoms with Crippen LogP contribution in [0.4, 0.5) is 0 Å². The van der Waals surface area contributed by atoms with Crippen LogP contribution in [-0.4, -0.2) is 37.9 Å². The molecule has 1 aliphatic rings. The number of ether oxygens (including phenoxy) is 4. The quantitative estimate of drug-likeness (QED) is 0.282. The summed E-state index contributed by atoms with van der Waals surface area (Å²) in [6, 6.07) is 11.4. The second-order valence-corrected chi connectivity index (χ2v) is 7.85. The molecule has 3 rings (SSSR count). The molecule has 2 aromatic carbocycles. The summed E-state index contributed by atoms with van der Waals surface area (Å²) >= 11 is 3.42. The normalized spacial score (nSPS) is 15.6. The molecule has 0 aromatic heterocycles. The molecular formula is C23H25BrO6. The van der Waals surface area contributed by atoms with Gasteiger partial charge in [-0.25, -0.2) is 9.59 Å². The SMILES string of the molecule is CCCCOc1ccc(C(=O)Oc2cccc(C(=O)OCC3CCCO3)c2)cc1Br. The molecular weight excluding hydrogens is 452 g/mol. The van der Waals surface area contributed by atoms with E-state index in [9.17, 15) is 9.59 Å². The minimum Gasteiger partial charge on any atom is -0.492 e. The fourth-order valence-electron chi connectivity index (χ4n) is 2.95. The summed E-state index contributed by atoms with van der Waals surface area (Å²) in [5, 5.41) is 0. The Kier molecular flexibility index (Phi) is 8.28. The first-order valence-corrected chi connectivity index (χ1v) is 10.9. The van der Waals surface area contributed by atoms with Gasteiger partial charge in [-0.2, -0.15) is 0 Å². The lowest BCUT2D eigenvalue weighted by atomic mass is 10.2. The van der Waals surface area contributed by atoms with Crippen LogP contribution in [0.25, 0.3) is 0 Å². The largest absolute Gasteiger partial charge is 0.492 e. The van der Waals surface area contributed by atoms with E-state index in [1.54, 1.807) is 36.4 Å². The van der Waals surface area contributed by atoms with Gasteiger partial charge >= 0.3 is 11.9 Å². The Bertz CT molecular complexity index is 876. The van der Waals surface area contributed by atoms with Crippen LogP contribution in [0, 0.1) is 0 Å². The summed E-state index contributed by atoms with van der Waals surface area (Å²) in [6.07, 6.45) is 3.84. The molecule has 0 spiro atoms. The van der Waals surface area contributed by atoms with Crippen LogP contribution in [0.3, 0.4) is 0 Å². The van der Waals surface area contributed by atoms with Gasteiger partial charge in [-0.05, 0) is 71.6 Å². The number of unbranched alkanes of at least 4 members (excludes halogenated alkanes) is 1. The van der Waals surface area contributed by atoms with E-state index < -0.39 is 11.9 Å². The summed E-state index contributed by atoms with van der Waals surface area (Å²) in [5.41, 5.74) is 0.690. The fourth-order valence-corrected chi connectivity index (χ4v) is 3.44. The van der Waals surface area contributed by atoms with E-state index in [-0.39, 0.29) is 18.5 Å². The fraction of sp³-hybridized carbons (Fsp3) is 0.391. The molecule has 0 bridgehead atoms. The highest BCUT2D eigenvalue weighted by atomic mass is 79.9. The highest BCUT2D eigenvalue weighted by Crippen LogP contribution is 2.27. The van der Waals surface area contributed by atoms with E-state index in [0.717, 1.165) is 25.7 Å². The van der Waals surface area contributed by atoms with E-state index in [1.165, 1.54) is 6.07 Å². The Labute approximate surface area is 184 Å². The maximum Gasteiger partial charge on any atom is 0.343 e. The highest BCUT2D eigenvalue weighted by Gasteiger charge is 2.19. The van der Waals surface area contributed by atoms with E-state index in [2.05, 4.69) is 22.9 Å². The highest BCUT2D eigenvalue weighted by molar-refractivity contribution is 9.10. The second-order valence-electron chi connectivity index (χ2n) is 7.00. The van der Waals surface area contributed by atoms with Gasteiger partial charge in [0.1, 0.15) is 18.1 Å². The molecule has 0 saturated carbocycles. The van der Waals surface area contributed by atoms with Crippen LogP contribution < -0.4 is 9.47 Å².